The van der Waals surface area contributed by atoms with Crippen molar-refractivity contribution in [2.24, 2.45) is 0 Å². The molecule has 150 valence electrons. The molecule has 2 rings (SSSR count). The van der Waals surface area contributed by atoms with Crippen molar-refractivity contribution in [1.29, 1.82) is 0 Å². The van der Waals surface area contributed by atoms with Gasteiger partial charge in [0.2, 0.25) is 11.8 Å². The first kappa shape index (κ1) is 21.6. The van der Waals surface area contributed by atoms with E-state index < -0.39 is 0 Å². The maximum atomic E-state index is 11.9. The van der Waals surface area contributed by atoms with E-state index in [1.807, 2.05) is 24.3 Å². The average molecular weight is 383 g/mol. The number of amides is 2. The van der Waals surface area contributed by atoms with Crippen LogP contribution in [0.3, 0.4) is 0 Å². The van der Waals surface area contributed by atoms with Crippen LogP contribution in [0.25, 0.3) is 0 Å². The summed E-state index contributed by atoms with van der Waals surface area (Å²) in [6.45, 7) is 3.27. The summed E-state index contributed by atoms with van der Waals surface area (Å²) in [4.78, 5) is 23.7. The Bertz CT molecular complexity index is 739. The number of aliphatic hydroxyl groups excluding tert-OH is 1. The summed E-state index contributed by atoms with van der Waals surface area (Å²) < 4.78 is 0. The van der Waals surface area contributed by atoms with Crippen LogP contribution in [0.4, 0.5) is 0 Å². The summed E-state index contributed by atoms with van der Waals surface area (Å²) in [6, 6.07) is 16.0. The van der Waals surface area contributed by atoms with E-state index in [0.29, 0.717) is 32.4 Å². The predicted molar refractivity (Wildman–Crippen MR) is 111 cm³/mol. The summed E-state index contributed by atoms with van der Waals surface area (Å²) in [5.74, 6) is -0.0386. The second-order valence-corrected chi connectivity index (χ2v) is 7.01. The van der Waals surface area contributed by atoms with Crippen LogP contribution in [0.5, 0.6) is 0 Å². The van der Waals surface area contributed by atoms with Crippen molar-refractivity contribution in [2.75, 3.05) is 13.1 Å². The summed E-state index contributed by atoms with van der Waals surface area (Å²) in [7, 11) is 0. The molecule has 5 heteroatoms. The van der Waals surface area contributed by atoms with Gasteiger partial charge in [0, 0.05) is 25.9 Å². The van der Waals surface area contributed by atoms with Gasteiger partial charge in [0.15, 0.2) is 0 Å². The fourth-order valence-corrected chi connectivity index (χ4v) is 2.84. The minimum atomic E-state index is -0.0283. The largest absolute Gasteiger partial charge is 0.392 e. The van der Waals surface area contributed by atoms with E-state index in [2.05, 4.69) is 41.8 Å². The number of carbonyl (C=O) groups excluding carboxylic acids is 2. The van der Waals surface area contributed by atoms with Crippen LogP contribution in [-0.2, 0) is 29.0 Å². The lowest BCUT2D eigenvalue weighted by Crippen LogP contribution is -2.27. The molecule has 0 radical (unpaired) electrons. The van der Waals surface area contributed by atoms with Crippen LogP contribution in [0, 0.1) is 6.92 Å². The van der Waals surface area contributed by atoms with E-state index in [1.165, 1.54) is 11.1 Å². The van der Waals surface area contributed by atoms with E-state index in [9.17, 15) is 9.59 Å². The van der Waals surface area contributed by atoms with Gasteiger partial charge in [-0.05, 0) is 42.9 Å². The van der Waals surface area contributed by atoms with Gasteiger partial charge in [-0.15, -0.1) is 0 Å². The Kier molecular flexibility index (Phi) is 9.22. The Morgan fingerprint density at radius 2 is 1.18 bits per heavy atom. The van der Waals surface area contributed by atoms with Crippen LogP contribution in [0.1, 0.15) is 41.5 Å². The lowest BCUT2D eigenvalue weighted by atomic mass is 10.1. The van der Waals surface area contributed by atoms with E-state index in [0.717, 1.165) is 24.0 Å². The summed E-state index contributed by atoms with van der Waals surface area (Å²) in [5, 5.41) is 14.8. The van der Waals surface area contributed by atoms with Crippen LogP contribution >= 0.6 is 0 Å². The monoisotopic (exact) mass is 382 g/mol. The smallest absolute Gasteiger partial charge is 0.220 e. The van der Waals surface area contributed by atoms with E-state index in [1.54, 1.807) is 0 Å². The summed E-state index contributed by atoms with van der Waals surface area (Å²) in [5.41, 5.74) is 4.43. The molecule has 3 N–H and O–H groups in total. The fourth-order valence-electron chi connectivity index (χ4n) is 2.84. The third-order valence-corrected chi connectivity index (χ3v) is 4.61. The molecule has 0 atom stereocenters. The Labute approximate surface area is 167 Å². The van der Waals surface area contributed by atoms with Gasteiger partial charge >= 0.3 is 0 Å². The number of aliphatic hydroxyl groups is 1. The summed E-state index contributed by atoms with van der Waals surface area (Å²) in [6.07, 6.45) is 2.83. The van der Waals surface area contributed by atoms with Crippen LogP contribution in [0.2, 0.25) is 0 Å². The van der Waals surface area contributed by atoms with Gasteiger partial charge in [-0.25, -0.2) is 0 Å². The molecule has 5 nitrogen and oxygen atoms in total. The molecule has 0 saturated heterocycles. The van der Waals surface area contributed by atoms with Gasteiger partial charge in [0.25, 0.3) is 0 Å². The first-order chi connectivity index (χ1) is 13.6. The fraction of sp³-hybridized carbons (Fsp3) is 0.391. The lowest BCUT2D eigenvalue weighted by Gasteiger charge is -2.07. The number of nitrogens with one attached hydrogen (secondary N) is 2. The highest BCUT2D eigenvalue weighted by Gasteiger charge is 2.05. The maximum absolute atomic E-state index is 11.9. The van der Waals surface area contributed by atoms with Gasteiger partial charge in [-0.3, -0.25) is 9.59 Å². The predicted octanol–water partition coefficient (Wildman–Crippen LogP) is 2.68. The third kappa shape index (κ3) is 8.35. The average Bonchev–Trinajstić information content (AvgIpc) is 2.70. The molecule has 0 fully saturated rings. The normalized spacial score (nSPS) is 10.5. The molecule has 28 heavy (non-hydrogen) atoms. The Morgan fingerprint density at radius 3 is 1.64 bits per heavy atom. The number of aryl methyl sites for hydroxylation is 1. The molecule has 0 aliphatic rings. The second-order valence-electron chi connectivity index (χ2n) is 7.01. The minimum Gasteiger partial charge on any atom is -0.392 e. The zero-order chi connectivity index (χ0) is 20.2. The van der Waals surface area contributed by atoms with Gasteiger partial charge in [-0.2, -0.15) is 0 Å². The van der Waals surface area contributed by atoms with Crippen LogP contribution in [-0.4, -0.2) is 30.0 Å². The molecule has 0 aromatic heterocycles. The first-order valence-electron chi connectivity index (χ1n) is 9.84. The van der Waals surface area contributed by atoms with Gasteiger partial charge in [0.05, 0.1) is 6.61 Å². The molecule has 2 aromatic carbocycles. The zero-order valence-electron chi connectivity index (χ0n) is 16.5. The molecule has 0 bridgehead atoms. The highest BCUT2D eigenvalue weighted by atomic mass is 16.3. The first-order valence-corrected chi connectivity index (χ1v) is 9.84. The second kappa shape index (κ2) is 11.9. The number of benzene rings is 2. The third-order valence-electron chi connectivity index (χ3n) is 4.61. The Morgan fingerprint density at radius 1 is 0.750 bits per heavy atom. The molecular weight excluding hydrogens is 352 g/mol. The zero-order valence-corrected chi connectivity index (χ0v) is 16.5. The molecule has 0 aliphatic heterocycles. The molecule has 0 saturated carbocycles. The number of hydrogen-bond acceptors (Lipinski definition) is 3. The Balaban J connectivity index is 1.52. The molecule has 0 spiro atoms. The number of hydrogen-bond donors (Lipinski definition) is 3. The van der Waals surface area contributed by atoms with Crippen LogP contribution in [0.15, 0.2) is 48.5 Å². The highest BCUT2D eigenvalue weighted by Crippen LogP contribution is 2.05. The molecule has 0 aliphatic carbocycles. The SMILES string of the molecule is Cc1ccc(CCNC(=O)CCCC(=O)NCCc2ccc(CO)cc2)cc1. The molecule has 0 heterocycles. The van der Waals surface area contributed by atoms with E-state index in [4.69, 9.17) is 5.11 Å². The van der Waals surface area contributed by atoms with Gasteiger partial charge < -0.3 is 15.7 Å². The van der Waals surface area contributed by atoms with Crippen molar-refractivity contribution in [1.82, 2.24) is 10.6 Å². The molecule has 2 amide bonds. The van der Waals surface area contributed by atoms with Crippen molar-refractivity contribution < 1.29 is 14.7 Å². The highest BCUT2D eigenvalue weighted by molar-refractivity contribution is 5.78. The van der Waals surface area contributed by atoms with Crippen molar-refractivity contribution in [3.63, 3.8) is 0 Å². The summed E-state index contributed by atoms with van der Waals surface area (Å²) >= 11 is 0. The topological polar surface area (TPSA) is 78.4 Å². The maximum Gasteiger partial charge on any atom is 0.220 e. The van der Waals surface area contributed by atoms with Crippen molar-refractivity contribution in [3.05, 3.63) is 70.8 Å². The molecular formula is C23H30N2O3. The van der Waals surface area contributed by atoms with Gasteiger partial charge in [0.1, 0.15) is 0 Å². The standard InChI is InChI=1S/C23H30N2O3/c1-18-5-7-19(8-6-18)13-15-24-22(27)3-2-4-23(28)25-16-14-20-9-11-21(17-26)12-10-20/h5-12,26H,2-4,13-17H2,1H3,(H,24,27)(H,25,28). The minimum absolute atomic E-state index is 0.0103. The van der Waals surface area contributed by atoms with Gasteiger partial charge in [-0.1, -0.05) is 54.1 Å². The quantitative estimate of drug-likeness (QED) is 0.559. The number of rotatable bonds is 11. The number of carbonyl (C=O) groups is 2. The van der Waals surface area contributed by atoms with E-state index >= 15 is 0 Å². The van der Waals surface area contributed by atoms with E-state index in [-0.39, 0.29) is 18.4 Å². The van der Waals surface area contributed by atoms with Crippen molar-refractivity contribution >= 4 is 11.8 Å². The lowest BCUT2D eigenvalue weighted by molar-refractivity contribution is -0.122. The van der Waals surface area contributed by atoms with Crippen molar-refractivity contribution in [3.8, 4) is 0 Å². The van der Waals surface area contributed by atoms with Crippen LogP contribution < -0.4 is 10.6 Å². The Hall–Kier alpha value is -2.66. The van der Waals surface area contributed by atoms with Crippen molar-refractivity contribution in [2.45, 2.75) is 45.6 Å². The molecule has 2 aromatic rings. The molecule has 0 unspecified atom stereocenters.